The largest absolute Gasteiger partial charge is 0.469 e. The van der Waals surface area contributed by atoms with Crippen molar-refractivity contribution in [1.82, 2.24) is 0 Å². The molecule has 4 nitrogen and oxygen atoms in total. The monoisotopic (exact) mass is 257 g/mol. The van der Waals surface area contributed by atoms with E-state index in [2.05, 4.69) is 0 Å². The Kier molecular flexibility index (Phi) is 1.85. The van der Waals surface area contributed by atoms with Crippen LogP contribution in [0.4, 0.5) is 5.69 Å². The van der Waals surface area contributed by atoms with Gasteiger partial charge in [-0.3, -0.25) is 9.59 Å². The van der Waals surface area contributed by atoms with Crippen molar-refractivity contribution in [2.24, 2.45) is 5.41 Å². The minimum absolute atomic E-state index is 0.113. The molecule has 19 heavy (non-hydrogen) atoms. The first kappa shape index (κ1) is 11.0. The third kappa shape index (κ3) is 1.15. The topological polar surface area (TPSA) is 46.6 Å². The summed E-state index contributed by atoms with van der Waals surface area (Å²) in [5.74, 6) is 0.0497. The van der Waals surface area contributed by atoms with Crippen molar-refractivity contribution in [3.63, 3.8) is 0 Å². The van der Waals surface area contributed by atoms with E-state index in [1.54, 1.807) is 0 Å². The van der Waals surface area contributed by atoms with E-state index in [9.17, 15) is 9.59 Å². The summed E-state index contributed by atoms with van der Waals surface area (Å²) < 4.78 is 4.86. The summed E-state index contributed by atoms with van der Waals surface area (Å²) in [6, 6.07) is 7.94. The molecule has 2 bridgehead atoms. The molecule has 5 rings (SSSR count). The number of rotatable bonds is 2. The van der Waals surface area contributed by atoms with Gasteiger partial charge in [0.05, 0.1) is 24.5 Å². The van der Waals surface area contributed by atoms with E-state index in [1.807, 2.05) is 29.2 Å². The lowest BCUT2D eigenvalue weighted by atomic mass is 9.38. The van der Waals surface area contributed by atoms with Crippen molar-refractivity contribution in [3.8, 4) is 0 Å². The van der Waals surface area contributed by atoms with E-state index in [1.165, 1.54) is 7.11 Å². The lowest BCUT2D eigenvalue weighted by Crippen LogP contribution is -2.77. The number of carbonyl (C=O) groups excluding carboxylic acids is 2. The molecule has 3 saturated carbocycles. The zero-order valence-corrected chi connectivity index (χ0v) is 10.8. The highest BCUT2D eigenvalue weighted by Gasteiger charge is 2.76. The molecular weight excluding hydrogens is 242 g/mol. The number of anilines is 1. The summed E-state index contributed by atoms with van der Waals surface area (Å²) in [5.41, 5.74) is 1.72. The fraction of sp³-hybridized carbons (Fsp3) is 0.467. The number of hydrogen-bond donors (Lipinski definition) is 0. The second-order valence-corrected chi connectivity index (χ2v) is 6.06. The zero-order valence-electron chi connectivity index (χ0n) is 10.8. The summed E-state index contributed by atoms with van der Waals surface area (Å²) in [4.78, 5) is 25.9. The van der Waals surface area contributed by atoms with Gasteiger partial charge in [-0.05, 0) is 30.9 Å². The maximum Gasteiger partial charge on any atom is 0.312 e. The van der Waals surface area contributed by atoms with E-state index in [4.69, 9.17) is 4.74 Å². The van der Waals surface area contributed by atoms with Crippen molar-refractivity contribution < 1.29 is 14.3 Å². The van der Waals surface area contributed by atoms with Crippen LogP contribution in [0.15, 0.2) is 24.3 Å². The highest BCUT2D eigenvalue weighted by atomic mass is 16.5. The van der Waals surface area contributed by atoms with Crippen LogP contribution in [0.25, 0.3) is 0 Å². The van der Waals surface area contributed by atoms with Gasteiger partial charge in [0.2, 0.25) is 5.91 Å². The van der Waals surface area contributed by atoms with Crippen LogP contribution in [0.1, 0.15) is 24.8 Å². The lowest BCUT2D eigenvalue weighted by molar-refractivity contribution is -0.196. The van der Waals surface area contributed by atoms with E-state index in [0.29, 0.717) is 6.42 Å². The van der Waals surface area contributed by atoms with Gasteiger partial charge in [0, 0.05) is 5.69 Å². The summed E-state index contributed by atoms with van der Waals surface area (Å²) in [5, 5.41) is 0. The van der Waals surface area contributed by atoms with Crippen molar-refractivity contribution >= 4 is 17.6 Å². The minimum atomic E-state index is -0.299. The Morgan fingerprint density at radius 3 is 2.63 bits per heavy atom. The van der Waals surface area contributed by atoms with Gasteiger partial charge in [-0.1, -0.05) is 18.2 Å². The van der Waals surface area contributed by atoms with Crippen LogP contribution in [0, 0.1) is 5.41 Å². The molecule has 0 radical (unpaired) electrons. The van der Waals surface area contributed by atoms with E-state index >= 15 is 0 Å². The van der Waals surface area contributed by atoms with Gasteiger partial charge < -0.3 is 9.64 Å². The summed E-state index contributed by atoms with van der Waals surface area (Å²) in [6.45, 7) is 0. The number of esters is 1. The first-order chi connectivity index (χ1) is 9.10. The fourth-order valence-corrected chi connectivity index (χ4v) is 4.18. The Morgan fingerprint density at radius 1 is 1.26 bits per heavy atom. The minimum Gasteiger partial charge on any atom is -0.469 e. The maximum atomic E-state index is 12.2. The van der Waals surface area contributed by atoms with Crippen LogP contribution in [-0.2, 0) is 20.7 Å². The number of amides is 1. The Balaban J connectivity index is 1.64. The average molecular weight is 257 g/mol. The van der Waals surface area contributed by atoms with Crippen LogP contribution in [0.5, 0.6) is 0 Å². The second-order valence-electron chi connectivity index (χ2n) is 6.06. The number of ether oxygens (including phenoxy) is 1. The van der Waals surface area contributed by atoms with Crippen LogP contribution in [-0.4, -0.2) is 24.5 Å². The number of fused-ring (bicyclic) bond motifs is 1. The molecule has 4 aliphatic rings. The Hall–Kier alpha value is -1.84. The molecule has 1 aromatic carbocycles. The number of carbonyl (C=O) groups is 2. The molecule has 1 aliphatic heterocycles. The predicted octanol–water partition coefficient (Wildman–Crippen LogP) is 1.67. The van der Waals surface area contributed by atoms with Gasteiger partial charge in [0.15, 0.2) is 0 Å². The van der Waals surface area contributed by atoms with E-state index in [-0.39, 0.29) is 22.8 Å². The highest BCUT2D eigenvalue weighted by Crippen LogP contribution is 2.71. The molecule has 98 valence electrons. The molecule has 1 heterocycles. The quantitative estimate of drug-likeness (QED) is 0.757. The molecule has 3 aliphatic carbocycles. The summed E-state index contributed by atoms with van der Waals surface area (Å²) in [6.07, 6.45) is 2.76. The van der Waals surface area contributed by atoms with Gasteiger partial charge in [-0.2, -0.15) is 0 Å². The van der Waals surface area contributed by atoms with Gasteiger partial charge in [0.25, 0.3) is 0 Å². The third-order valence-electron chi connectivity index (χ3n) is 4.92. The van der Waals surface area contributed by atoms with Gasteiger partial charge in [-0.15, -0.1) is 0 Å². The Bertz CT molecular complexity index is 587. The Labute approximate surface area is 111 Å². The number of nitrogens with zero attached hydrogens (tertiary/aromatic N) is 1. The van der Waals surface area contributed by atoms with Crippen molar-refractivity contribution in [2.45, 2.75) is 31.2 Å². The summed E-state index contributed by atoms with van der Waals surface area (Å²) in [7, 11) is 1.44. The van der Waals surface area contributed by atoms with Crippen molar-refractivity contribution in [3.05, 3.63) is 29.8 Å². The average Bonchev–Trinajstić information content (AvgIpc) is 2.63. The molecule has 0 aromatic heterocycles. The molecule has 3 fully saturated rings. The highest BCUT2D eigenvalue weighted by molar-refractivity contribution is 6.04. The Morgan fingerprint density at radius 2 is 1.95 bits per heavy atom. The van der Waals surface area contributed by atoms with Crippen LogP contribution < -0.4 is 4.90 Å². The number of benzene rings is 1. The van der Waals surface area contributed by atoms with Gasteiger partial charge >= 0.3 is 5.97 Å². The fourth-order valence-electron chi connectivity index (χ4n) is 4.18. The molecule has 0 spiro atoms. The van der Waals surface area contributed by atoms with Crippen LogP contribution in [0.3, 0.4) is 0 Å². The molecule has 0 unspecified atom stereocenters. The lowest BCUT2D eigenvalue weighted by Gasteiger charge is -2.71. The predicted molar refractivity (Wildman–Crippen MR) is 68.7 cm³/mol. The molecule has 4 heteroatoms. The smallest absolute Gasteiger partial charge is 0.312 e. The van der Waals surface area contributed by atoms with Gasteiger partial charge in [-0.25, -0.2) is 0 Å². The van der Waals surface area contributed by atoms with Crippen molar-refractivity contribution in [2.75, 3.05) is 12.0 Å². The molecule has 0 saturated heterocycles. The van der Waals surface area contributed by atoms with Crippen LogP contribution >= 0.6 is 0 Å². The SMILES string of the molecule is COC(=O)C12CC(N3C(=O)Cc4ccccc43)(C1)C2. The van der Waals surface area contributed by atoms with Crippen molar-refractivity contribution in [1.29, 1.82) is 0 Å². The van der Waals surface area contributed by atoms with E-state index in [0.717, 1.165) is 30.5 Å². The van der Waals surface area contributed by atoms with Crippen LogP contribution in [0.2, 0.25) is 0 Å². The maximum absolute atomic E-state index is 12.2. The molecule has 0 N–H and O–H groups in total. The number of hydrogen-bond acceptors (Lipinski definition) is 3. The standard InChI is InChI=1S/C15H15NO3/c1-19-13(18)14-7-15(8-14,9-14)16-11-5-3-2-4-10(11)6-12(16)17/h2-5H,6-9H2,1H3. The van der Waals surface area contributed by atoms with Gasteiger partial charge in [0.1, 0.15) is 0 Å². The first-order valence-corrected chi connectivity index (χ1v) is 6.60. The normalized spacial score (nSPS) is 34.4. The summed E-state index contributed by atoms with van der Waals surface area (Å²) >= 11 is 0. The molecule has 1 aromatic rings. The molecule has 0 atom stereocenters. The molecular formula is C15H15NO3. The third-order valence-corrected chi connectivity index (χ3v) is 4.92. The van der Waals surface area contributed by atoms with E-state index < -0.39 is 0 Å². The number of methoxy groups -OCH3 is 1. The first-order valence-electron chi connectivity index (χ1n) is 6.60. The number of para-hydroxylation sites is 1. The zero-order chi connectivity index (χ0) is 13.3. The molecule has 1 amide bonds. The second kappa shape index (κ2) is 3.18.